The number of hydrogen-bond donors (Lipinski definition) is 0. The number of amides is 1. The molecule has 0 radical (unpaired) electrons. The summed E-state index contributed by atoms with van der Waals surface area (Å²) >= 11 is 0. The largest absolute Gasteiger partial charge is 0.337 e. The zero-order chi connectivity index (χ0) is 19.4. The van der Waals surface area contributed by atoms with Crippen molar-refractivity contribution < 1.29 is 4.79 Å². The molecular weight excluding hydrogens is 358 g/mol. The zero-order valence-corrected chi connectivity index (χ0v) is 15.9. The third kappa shape index (κ3) is 2.70. The molecule has 2 atom stereocenters. The molecule has 1 saturated heterocycles. The lowest BCUT2D eigenvalue weighted by atomic mass is 9.85. The van der Waals surface area contributed by atoms with Crippen molar-refractivity contribution in [2.24, 2.45) is 11.8 Å². The number of pyridine rings is 1. The molecule has 28 heavy (non-hydrogen) atoms. The molecule has 0 N–H and O–H groups in total. The lowest BCUT2D eigenvalue weighted by molar-refractivity contribution is 0.0782. The fourth-order valence-corrected chi connectivity index (χ4v) is 4.65. The van der Waals surface area contributed by atoms with E-state index >= 15 is 0 Å². The molecule has 2 aliphatic heterocycles. The quantitative estimate of drug-likeness (QED) is 0.733. The average Bonchev–Trinajstić information content (AvgIpc) is 3.20. The van der Waals surface area contributed by atoms with Crippen molar-refractivity contribution in [3.05, 3.63) is 56.1 Å². The molecule has 2 aromatic heterocycles. The molecule has 4 heterocycles. The van der Waals surface area contributed by atoms with Crippen LogP contribution in [0.3, 0.4) is 0 Å². The van der Waals surface area contributed by atoms with Crippen molar-refractivity contribution >= 4 is 5.91 Å². The fraction of sp³-hybridized carbons (Fsp3) is 0.550. The number of hydrogen-bond acceptors (Lipinski definition) is 5. The van der Waals surface area contributed by atoms with Crippen LogP contribution < -0.4 is 11.1 Å². The van der Waals surface area contributed by atoms with Gasteiger partial charge in [-0.15, -0.1) is 0 Å². The number of rotatable bonds is 3. The first-order valence-corrected chi connectivity index (χ1v) is 9.94. The van der Waals surface area contributed by atoms with Gasteiger partial charge in [-0.2, -0.15) is 5.10 Å². The van der Waals surface area contributed by atoms with Gasteiger partial charge in [0.05, 0.1) is 5.56 Å². The average molecular weight is 381 g/mol. The normalized spacial score (nSPS) is 23.4. The molecule has 1 aliphatic carbocycles. The summed E-state index contributed by atoms with van der Waals surface area (Å²) in [7, 11) is 0. The van der Waals surface area contributed by atoms with Crippen LogP contribution in [0.5, 0.6) is 0 Å². The highest BCUT2D eigenvalue weighted by molar-refractivity contribution is 5.94. The number of carbonyl (C=O) groups is 1. The number of likely N-dealkylation sites (tertiary alicyclic amines) is 1. The van der Waals surface area contributed by atoms with Crippen LogP contribution in [0.15, 0.2) is 28.0 Å². The van der Waals surface area contributed by atoms with Crippen LogP contribution in [-0.2, 0) is 13.1 Å². The van der Waals surface area contributed by atoms with Gasteiger partial charge >= 0.3 is 11.1 Å². The first-order valence-electron chi connectivity index (χ1n) is 9.94. The van der Waals surface area contributed by atoms with E-state index in [2.05, 4.69) is 10.1 Å². The Bertz CT molecular complexity index is 1070. The molecule has 146 valence electrons. The van der Waals surface area contributed by atoms with Crippen molar-refractivity contribution in [3.63, 3.8) is 0 Å². The van der Waals surface area contributed by atoms with Gasteiger partial charge in [0.1, 0.15) is 5.82 Å². The minimum absolute atomic E-state index is 0.00246. The van der Waals surface area contributed by atoms with Crippen molar-refractivity contribution in [1.29, 1.82) is 0 Å². The van der Waals surface area contributed by atoms with Crippen LogP contribution in [0.25, 0.3) is 0 Å². The second-order valence-corrected chi connectivity index (χ2v) is 8.39. The summed E-state index contributed by atoms with van der Waals surface area (Å²) in [6.45, 7) is 3.98. The summed E-state index contributed by atoms with van der Waals surface area (Å²) in [6, 6.07) is 1.84. The van der Waals surface area contributed by atoms with Gasteiger partial charge in [0.2, 0.25) is 0 Å². The first-order chi connectivity index (χ1) is 13.5. The standard InChI is InChI=1S/C20H23N5O3/c1-12-5-14(7-21-6-12)18(26)23-9-15-10-24-17(16(15)11-23)22-25(20(28)19(24)27)8-13-3-2-4-13/h5-7,13,15-16H,2-4,8-11H2,1H3/t15-,16-/m0/s1. The summed E-state index contributed by atoms with van der Waals surface area (Å²) in [5.74, 6) is 1.19. The van der Waals surface area contributed by atoms with Gasteiger partial charge in [-0.05, 0) is 37.3 Å². The van der Waals surface area contributed by atoms with Crippen molar-refractivity contribution in [2.45, 2.75) is 45.2 Å². The Balaban J connectivity index is 1.42. The first kappa shape index (κ1) is 17.3. The van der Waals surface area contributed by atoms with Crippen LogP contribution in [0.4, 0.5) is 0 Å². The van der Waals surface area contributed by atoms with Gasteiger partial charge in [-0.1, -0.05) is 6.42 Å². The molecule has 1 saturated carbocycles. The van der Waals surface area contributed by atoms with Crippen LogP contribution in [0.1, 0.15) is 46.9 Å². The summed E-state index contributed by atoms with van der Waals surface area (Å²) < 4.78 is 2.90. The Hall–Kier alpha value is -2.77. The predicted molar refractivity (Wildman–Crippen MR) is 101 cm³/mol. The van der Waals surface area contributed by atoms with Gasteiger partial charge in [0.15, 0.2) is 0 Å². The highest BCUT2D eigenvalue weighted by atomic mass is 16.2. The van der Waals surface area contributed by atoms with E-state index in [9.17, 15) is 14.4 Å². The summed E-state index contributed by atoms with van der Waals surface area (Å²) in [5, 5.41) is 4.58. The van der Waals surface area contributed by atoms with Crippen molar-refractivity contribution in [2.75, 3.05) is 13.1 Å². The third-order valence-electron chi connectivity index (χ3n) is 6.42. The van der Waals surface area contributed by atoms with Crippen LogP contribution >= 0.6 is 0 Å². The molecule has 2 aromatic rings. The van der Waals surface area contributed by atoms with E-state index in [4.69, 9.17) is 0 Å². The summed E-state index contributed by atoms with van der Waals surface area (Å²) in [6.07, 6.45) is 6.68. The third-order valence-corrected chi connectivity index (χ3v) is 6.42. The van der Waals surface area contributed by atoms with Crippen molar-refractivity contribution in [3.8, 4) is 0 Å². The monoisotopic (exact) mass is 381 g/mol. The SMILES string of the molecule is Cc1cncc(C(=O)N2C[C@H]3Cn4c(nn(CC5CCC5)c(=O)c4=O)[C@H]3C2)c1. The van der Waals surface area contributed by atoms with Gasteiger partial charge < -0.3 is 4.90 Å². The Morgan fingerprint density at radius 2 is 1.96 bits per heavy atom. The topological polar surface area (TPSA) is 90.1 Å². The molecule has 1 amide bonds. The van der Waals surface area contributed by atoms with Crippen LogP contribution in [-0.4, -0.2) is 43.2 Å². The molecule has 0 bridgehead atoms. The maximum atomic E-state index is 12.9. The second kappa shape index (κ2) is 6.39. The maximum absolute atomic E-state index is 12.9. The maximum Gasteiger partial charge on any atom is 0.332 e. The van der Waals surface area contributed by atoms with E-state index in [1.54, 1.807) is 12.4 Å². The van der Waals surface area contributed by atoms with E-state index in [1.165, 1.54) is 15.7 Å². The van der Waals surface area contributed by atoms with E-state index in [0.717, 1.165) is 18.4 Å². The van der Waals surface area contributed by atoms with Gasteiger partial charge in [-0.3, -0.25) is 23.9 Å². The van der Waals surface area contributed by atoms with Gasteiger partial charge in [0, 0.05) is 50.4 Å². The number of nitrogens with zero attached hydrogens (tertiary/aromatic N) is 5. The Kier molecular flexibility index (Phi) is 3.96. The van der Waals surface area contributed by atoms with Crippen molar-refractivity contribution in [1.82, 2.24) is 24.2 Å². The highest BCUT2D eigenvalue weighted by Gasteiger charge is 2.44. The lowest BCUT2D eigenvalue weighted by Gasteiger charge is -2.25. The smallest absolute Gasteiger partial charge is 0.332 e. The molecule has 8 heteroatoms. The van der Waals surface area contributed by atoms with E-state index in [0.29, 0.717) is 43.5 Å². The van der Waals surface area contributed by atoms with Crippen LogP contribution in [0, 0.1) is 18.8 Å². The highest BCUT2D eigenvalue weighted by Crippen LogP contribution is 2.37. The Morgan fingerprint density at radius 1 is 1.14 bits per heavy atom. The minimum Gasteiger partial charge on any atom is -0.337 e. The Morgan fingerprint density at radius 3 is 2.68 bits per heavy atom. The molecule has 0 spiro atoms. The number of aromatic nitrogens is 4. The molecule has 2 fully saturated rings. The number of carbonyl (C=O) groups excluding carboxylic acids is 1. The van der Waals surface area contributed by atoms with E-state index in [1.807, 2.05) is 17.9 Å². The predicted octanol–water partition coefficient (Wildman–Crippen LogP) is 0.778. The lowest BCUT2D eigenvalue weighted by Crippen LogP contribution is -2.45. The molecule has 0 unspecified atom stereocenters. The Labute approximate surface area is 161 Å². The molecule has 0 aromatic carbocycles. The molecular formula is C20H23N5O3. The van der Waals surface area contributed by atoms with E-state index in [-0.39, 0.29) is 17.7 Å². The van der Waals surface area contributed by atoms with Crippen LogP contribution in [0.2, 0.25) is 0 Å². The molecule has 3 aliphatic rings. The number of fused-ring (bicyclic) bond motifs is 3. The van der Waals surface area contributed by atoms with Gasteiger partial charge in [-0.25, -0.2) is 4.68 Å². The van der Waals surface area contributed by atoms with E-state index < -0.39 is 11.1 Å². The minimum atomic E-state index is -0.519. The van der Waals surface area contributed by atoms with Gasteiger partial charge in [0.25, 0.3) is 5.91 Å². The zero-order valence-electron chi connectivity index (χ0n) is 15.9. The summed E-state index contributed by atoms with van der Waals surface area (Å²) in [5.41, 5.74) is 0.540. The number of aryl methyl sites for hydroxylation is 1. The second-order valence-electron chi connectivity index (χ2n) is 8.39. The fourth-order valence-electron chi connectivity index (χ4n) is 4.65. The molecule has 8 nitrogen and oxygen atoms in total. The summed E-state index contributed by atoms with van der Waals surface area (Å²) in [4.78, 5) is 43.8. The molecule has 5 rings (SSSR count).